The number of imidazole rings is 1. The largest absolute Gasteiger partial charge is 0.465 e. The van der Waals surface area contributed by atoms with Crippen molar-refractivity contribution >= 4 is 39.0 Å². The van der Waals surface area contributed by atoms with Crippen molar-refractivity contribution in [3.63, 3.8) is 0 Å². The number of methoxy groups -OCH3 is 1. The van der Waals surface area contributed by atoms with Crippen molar-refractivity contribution in [1.82, 2.24) is 9.55 Å². The minimum absolute atomic E-state index is 0.0987. The van der Waals surface area contributed by atoms with Gasteiger partial charge in [-0.1, -0.05) is 25.3 Å². The van der Waals surface area contributed by atoms with Gasteiger partial charge in [0.2, 0.25) is 0 Å². The van der Waals surface area contributed by atoms with Gasteiger partial charge in [0, 0.05) is 30.6 Å². The Morgan fingerprint density at radius 3 is 2.69 bits per heavy atom. The van der Waals surface area contributed by atoms with E-state index in [1.165, 1.54) is 26.4 Å². The van der Waals surface area contributed by atoms with Gasteiger partial charge in [0.15, 0.2) is 11.9 Å². The number of thiophene rings is 1. The molecule has 10 nitrogen and oxygen atoms in total. The van der Waals surface area contributed by atoms with E-state index >= 15 is 0 Å². The molecule has 1 atom stereocenters. The van der Waals surface area contributed by atoms with E-state index in [1.54, 1.807) is 4.90 Å². The zero-order valence-corrected chi connectivity index (χ0v) is 20.2. The first-order valence-electron chi connectivity index (χ1n) is 11.9. The first-order chi connectivity index (χ1) is 16.9. The van der Waals surface area contributed by atoms with Crippen molar-refractivity contribution in [1.29, 1.82) is 0 Å². The number of rotatable bonds is 6. The lowest BCUT2D eigenvalue weighted by molar-refractivity contribution is -0.384. The molecule has 2 fully saturated rings. The van der Waals surface area contributed by atoms with Gasteiger partial charge in [-0.15, -0.1) is 11.3 Å². The van der Waals surface area contributed by atoms with Crippen LogP contribution in [0.2, 0.25) is 0 Å². The van der Waals surface area contributed by atoms with E-state index in [9.17, 15) is 25.1 Å². The number of hydrogen-bond acceptors (Lipinski definition) is 9. The van der Waals surface area contributed by atoms with E-state index < -0.39 is 23.1 Å². The molecule has 35 heavy (non-hydrogen) atoms. The maximum Gasteiger partial charge on any atom is 0.347 e. The predicted molar refractivity (Wildman–Crippen MR) is 132 cm³/mol. The number of aliphatic hydroxyl groups excluding tert-OH is 1. The summed E-state index contributed by atoms with van der Waals surface area (Å²) in [6, 6.07) is 6.04. The third-order valence-electron chi connectivity index (χ3n) is 7.18. The van der Waals surface area contributed by atoms with Crippen LogP contribution in [0.1, 0.15) is 54.9 Å². The van der Waals surface area contributed by atoms with Crippen molar-refractivity contribution in [2.45, 2.75) is 50.9 Å². The molecular weight excluding hydrogens is 472 g/mol. The molecule has 0 bridgehead atoms. The maximum atomic E-state index is 12.7. The SMILES string of the molecule is COC(=O)c1c(N2CCC(C(O)O)C2)sc(-c2ccc3c(c2)ncn3C2CCCCC2)c1[N+](=O)[O-]. The quantitative estimate of drug-likeness (QED) is 0.224. The lowest BCUT2D eigenvalue weighted by atomic mass is 9.95. The van der Waals surface area contributed by atoms with Crippen LogP contribution in [0.25, 0.3) is 21.5 Å². The molecule has 1 aliphatic heterocycles. The number of nitrogens with zero attached hydrogens (tertiary/aromatic N) is 4. The number of fused-ring (bicyclic) bond motifs is 1. The predicted octanol–water partition coefficient (Wildman–Crippen LogP) is 4.10. The molecule has 1 aliphatic carbocycles. The summed E-state index contributed by atoms with van der Waals surface area (Å²) in [7, 11) is 1.20. The zero-order valence-electron chi connectivity index (χ0n) is 19.4. The van der Waals surface area contributed by atoms with Crippen LogP contribution in [0.3, 0.4) is 0 Å². The normalized spacial score (nSPS) is 19.1. The van der Waals surface area contributed by atoms with Crippen LogP contribution in [0.4, 0.5) is 10.7 Å². The molecule has 1 unspecified atom stereocenters. The Hall–Kier alpha value is -3.02. The molecule has 2 aromatic heterocycles. The highest BCUT2D eigenvalue weighted by atomic mass is 32.1. The number of hydrogen-bond donors (Lipinski definition) is 2. The minimum atomic E-state index is -1.49. The van der Waals surface area contributed by atoms with E-state index in [2.05, 4.69) is 9.55 Å². The third kappa shape index (κ3) is 4.28. The molecule has 2 aliphatic rings. The van der Waals surface area contributed by atoms with Crippen molar-refractivity contribution in [2.75, 3.05) is 25.1 Å². The average molecular weight is 501 g/mol. The molecule has 11 heteroatoms. The summed E-state index contributed by atoms with van der Waals surface area (Å²) in [5, 5.41) is 31.8. The van der Waals surface area contributed by atoms with Crippen LogP contribution in [0.15, 0.2) is 24.5 Å². The number of benzene rings is 1. The van der Waals surface area contributed by atoms with Crippen molar-refractivity contribution in [3.05, 3.63) is 40.2 Å². The van der Waals surface area contributed by atoms with E-state index in [-0.39, 0.29) is 17.8 Å². The van der Waals surface area contributed by atoms with Crippen LogP contribution in [-0.4, -0.2) is 57.1 Å². The van der Waals surface area contributed by atoms with Crippen molar-refractivity contribution < 1.29 is 24.7 Å². The molecule has 186 valence electrons. The second-order valence-electron chi connectivity index (χ2n) is 9.26. The highest BCUT2D eigenvalue weighted by molar-refractivity contribution is 7.20. The second kappa shape index (κ2) is 9.56. The monoisotopic (exact) mass is 500 g/mol. The third-order valence-corrected chi connectivity index (χ3v) is 8.46. The number of aromatic nitrogens is 2. The summed E-state index contributed by atoms with van der Waals surface area (Å²) < 4.78 is 7.12. The molecule has 0 amide bonds. The number of ether oxygens (including phenoxy) is 1. The summed E-state index contributed by atoms with van der Waals surface area (Å²) in [6.45, 7) is 0.734. The Bertz CT molecular complexity index is 1260. The van der Waals surface area contributed by atoms with E-state index in [0.717, 1.165) is 35.2 Å². The standard InChI is InChI=1S/C24H28N4O6S/c1-34-24(31)19-20(28(32)33)21(35-22(19)26-10-9-15(12-26)23(29)30)14-7-8-18-17(11-14)25-13-27(18)16-5-3-2-4-6-16/h7-8,11,13,15-16,23,29-30H,2-6,9-10,12H2,1H3. The summed E-state index contributed by atoms with van der Waals surface area (Å²) in [4.78, 5) is 31.1. The van der Waals surface area contributed by atoms with Gasteiger partial charge in [0.05, 0.1) is 29.4 Å². The Labute approximate surface area is 205 Å². The number of anilines is 1. The van der Waals surface area contributed by atoms with Gasteiger partial charge in [0.25, 0.3) is 0 Å². The van der Waals surface area contributed by atoms with Crippen molar-refractivity contribution in [2.24, 2.45) is 5.92 Å². The molecule has 1 saturated carbocycles. The Balaban J connectivity index is 1.59. The first-order valence-corrected chi connectivity index (χ1v) is 12.7. The molecule has 3 aromatic rings. The summed E-state index contributed by atoms with van der Waals surface area (Å²) in [5.41, 5.74) is 1.96. The fourth-order valence-electron chi connectivity index (χ4n) is 5.33. The fourth-order valence-corrected chi connectivity index (χ4v) is 6.62. The zero-order chi connectivity index (χ0) is 24.7. The first kappa shape index (κ1) is 23.7. The number of esters is 1. The summed E-state index contributed by atoms with van der Waals surface area (Å²) >= 11 is 1.15. The van der Waals surface area contributed by atoms with Gasteiger partial charge in [-0.05, 0) is 31.4 Å². The molecule has 3 heterocycles. The number of carbonyl (C=O) groups is 1. The second-order valence-corrected chi connectivity index (χ2v) is 10.3. The van der Waals surface area contributed by atoms with Crippen LogP contribution in [0.5, 0.6) is 0 Å². The lowest BCUT2D eigenvalue weighted by Crippen LogP contribution is -2.25. The van der Waals surface area contributed by atoms with Crippen LogP contribution >= 0.6 is 11.3 Å². The van der Waals surface area contributed by atoms with E-state index in [1.807, 2.05) is 24.5 Å². The van der Waals surface area contributed by atoms with Gasteiger partial charge in [-0.3, -0.25) is 10.1 Å². The van der Waals surface area contributed by atoms with Crippen LogP contribution in [-0.2, 0) is 4.74 Å². The molecule has 1 aromatic carbocycles. The van der Waals surface area contributed by atoms with Crippen LogP contribution in [0, 0.1) is 16.0 Å². The van der Waals surface area contributed by atoms with E-state index in [0.29, 0.717) is 34.4 Å². The molecule has 5 rings (SSSR count). The van der Waals surface area contributed by atoms with Gasteiger partial charge >= 0.3 is 11.7 Å². The molecule has 2 N–H and O–H groups in total. The number of nitro groups is 1. The summed E-state index contributed by atoms with van der Waals surface area (Å²) in [6.07, 6.45) is 6.77. The van der Waals surface area contributed by atoms with E-state index in [4.69, 9.17) is 4.74 Å². The molecular formula is C24H28N4O6S. The van der Waals surface area contributed by atoms with Gasteiger partial charge < -0.3 is 24.4 Å². The Morgan fingerprint density at radius 1 is 1.26 bits per heavy atom. The highest BCUT2D eigenvalue weighted by Crippen LogP contribution is 2.49. The average Bonchev–Trinajstić information content (AvgIpc) is 3.60. The molecule has 0 radical (unpaired) electrons. The fraction of sp³-hybridized carbons (Fsp3) is 0.500. The highest BCUT2D eigenvalue weighted by Gasteiger charge is 2.38. The summed E-state index contributed by atoms with van der Waals surface area (Å²) in [5.74, 6) is -1.19. The number of aliphatic hydroxyl groups is 2. The Kier molecular flexibility index (Phi) is 6.47. The number of carbonyl (C=O) groups excluding carboxylic acids is 1. The Morgan fingerprint density at radius 2 is 2.03 bits per heavy atom. The lowest BCUT2D eigenvalue weighted by Gasteiger charge is -2.23. The van der Waals surface area contributed by atoms with Gasteiger partial charge in [-0.2, -0.15) is 0 Å². The molecule has 1 saturated heterocycles. The maximum absolute atomic E-state index is 12.7. The van der Waals surface area contributed by atoms with Crippen LogP contribution < -0.4 is 4.90 Å². The van der Waals surface area contributed by atoms with Gasteiger partial charge in [-0.25, -0.2) is 9.78 Å². The molecule has 0 spiro atoms. The minimum Gasteiger partial charge on any atom is -0.465 e. The topological polar surface area (TPSA) is 131 Å². The van der Waals surface area contributed by atoms with Gasteiger partial charge in [0.1, 0.15) is 9.88 Å². The smallest absolute Gasteiger partial charge is 0.347 e. The van der Waals surface area contributed by atoms with Crippen molar-refractivity contribution in [3.8, 4) is 10.4 Å².